The topological polar surface area (TPSA) is 23.5 Å². The van der Waals surface area contributed by atoms with E-state index in [1.807, 2.05) is 0 Å². The molecular weight excluding hydrogens is 133 g/mol. The van der Waals surface area contributed by atoms with Gasteiger partial charge in [-0.25, -0.2) is 4.39 Å². The monoisotopic (exact) mass is 147 g/mol. The number of nitrogens with zero attached hydrogens (tertiary/aromatic N) is 1. The van der Waals surface area contributed by atoms with E-state index >= 15 is 0 Å². The van der Waals surface area contributed by atoms with Crippen LogP contribution in [0.15, 0.2) is 0 Å². The SMILES string of the molecule is OC(F)CCN1CCCC1. The van der Waals surface area contributed by atoms with Crippen LogP contribution in [-0.4, -0.2) is 36.0 Å². The summed E-state index contributed by atoms with van der Waals surface area (Å²) in [7, 11) is 0. The number of halogens is 1. The molecule has 1 saturated heterocycles. The van der Waals surface area contributed by atoms with E-state index in [2.05, 4.69) is 4.90 Å². The van der Waals surface area contributed by atoms with Crippen LogP contribution in [0.3, 0.4) is 0 Å². The third-order valence-corrected chi connectivity index (χ3v) is 1.88. The Balaban J connectivity index is 2.01. The van der Waals surface area contributed by atoms with Crippen LogP contribution in [0.5, 0.6) is 0 Å². The Morgan fingerprint density at radius 2 is 2.00 bits per heavy atom. The minimum absolute atomic E-state index is 0.264. The minimum atomic E-state index is -1.62. The van der Waals surface area contributed by atoms with Gasteiger partial charge in [0.1, 0.15) is 0 Å². The van der Waals surface area contributed by atoms with Gasteiger partial charge in [-0.3, -0.25) is 0 Å². The number of rotatable bonds is 3. The molecule has 1 N–H and O–H groups in total. The molecule has 0 radical (unpaired) electrons. The van der Waals surface area contributed by atoms with E-state index in [1.165, 1.54) is 12.8 Å². The van der Waals surface area contributed by atoms with Crippen molar-refractivity contribution in [1.29, 1.82) is 0 Å². The van der Waals surface area contributed by atoms with Crippen LogP contribution in [0.1, 0.15) is 19.3 Å². The first-order chi connectivity index (χ1) is 4.79. The Kier molecular flexibility index (Phi) is 3.09. The summed E-state index contributed by atoms with van der Waals surface area (Å²) in [5.74, 6) is 0. The predicted octanol–water partition coefficient (Wildman–Crippen LogP) is 0.760. The molecule has 1 aliphatic rings. The fourth-order valence-corrected chi connectivity index (χ4v) is 1.30. The molecule has 1 rings (SSSR count). The lowest BCUT2D eigenvalue weighted by Crippen LogP contribution is -2.22. The van der Waals surface area contributed by atoms with Crippen molar-refractivity contribution in [2.24, 2.45) is 0 Å². The van der Waals surface area contributed by atoms with Gasteiger partial charge >= 0.3 is 0 Å². The second-order valence-corrected chi connectivity index (χ2v) is 2.77. The molecule has 0 amide bonds. The van der Waals surface area contributed by atoms with E-state index in [-0.39, 0.29) is 6.42 Å². The Morgan fingerprint density at radius 3 is 2.50 bits per heavy atom. The molecule has 2 nitrogen and oxygen atoms in total. The van der Waals surface area contributed by atoms with Gasteiger partial charge in [-0.15, -0.1) is 0 Å². The number of aliphatic hydroxyl groups excluding tert-OH is 1. The lowest BCUT2D eigenvalue weighted by molar-refractivity contribution is 0.0271. The highest BCUT2D eigenvalue weighted by Gasteiger charge is 2.12. The summed E-state index contributed by atoms with van der Waals surface area (Å²) in [6.45, 7) is 2.86. The predicted molar refractivity (Wildman–Crippen MR) is 37.4 cm³/mol. The molecule has 0 bridgehead atoms. The van der Waals surface area contributed by atoms with Crippen LogP contribution in [-0.2, 0) is 0 Å². The summed E-state index contributed by atoms with van der Waals surface area (Å²) >= 11 is 0. The smallest absolute Gasteiger partial charge is 0.197 e. The number of hydrogen-bond donors (Lipinski definition) is 1. The molecule has 1 fully saturated rings. The van der Waals surface area contributed by atoms with Crippen molar-refractivity contribution in [2.45, 2.75) is 25.6 Å². The van der Waals surface area contributed by atoms with E-state index in [9.17, 15) is 4.39 Å². The molecule has 0 aromatic carbocycles. The maximum absolute atomic E-state index is 11.9. The van der Waals surface area contributed by atoms with Crippen molar-refractivity contribution < 1.29 is 9.50 Å². The average Bonchev–Trinajstić information content (AvgIpc) is 2.34. The van der Waals surface area contributed by atoms with Crippen LogP contribution < -0.4 is 0 Å². The molecule has 3 heteroatoms. The molecule has 0 aromatic rings. The maximum atomic E-state index is 11.9. The van der Waals surface area contributed by atoms with Crippen LogP contribution in [0.25, 0.3) is 0 Å². The van der Waals surface area contributed by atoms with E-state index in [4.69, 9.17) is 5.11 Å². The first-order valence-corrected chi connectivity index (χ1v) is 3.83. The highest BCUT2D eigenvalue weighted by atomic mass is 19.1. The fraction of sp³-hybridized carbons (Fsp3) is 1.00. The van der Waals surface area contributed by atoms with Gasteiger partial charge in [-0.05, 0) is 25.9 Å². The van der Waals surface area contributed by atoms with Crippen molar-refractivity contribution in [3.8, 4) is 0 Å². The van der Waals surface area contributed by atoms with Crippen molar-refractivity contribution in [2.75, 3.05) is 19.6 Å². The van der Waals surface area contributed by atoms with Crippen LogP contribution >= 0.6 is 0 Å². The van der Waals surface area contributed by atoms with Crippen molar-refractivity contribution in [3.05, 3.63) is 0 Å². The van der Waals surface area contributed by atoms with Gasteiger partial charge in [0.25, 0.3) is 0 Å². The largest absolute Gasteiger partial charge is 0.364 e. The van der Waals surface area contributed by atoms with Gasteiger partial charge in [0.05, 0.1) is 0 Å². The van der Waals surface area contributed by atoms with Crippen LogP contribution in [0, 0.1) is 0 Å². The lowest BCUT2D eigenvalue weighted by atomic mass is 10.4. The third kappa shape index (κ3) is 2.62. The summed E-state index contributed by atoms with van der Waals surface area (Å²) < 4.78 is 11.9. The summed E-state index contributed by atoms with van der Waals surface area (Å²) in [6.07, 6.45) is 1.09. The molecule has 1 unspecified atom stereocenters. The van der Waals surface area contributed by atoms with E-state index < -0.39 is 6.36 Å². The van der Waals surface area contributed by atoms with Crippen molar-refractivity contribution >= 4 is 0 Å². The molecule has 10 heavy (non-hydrogen) atoms. The minimum Gasteiger partial charge on any atom is -0.364 e. The first-order valence-electron chi connectivity index (χ1n) is 3.83. The third-order valence-electron chi connectivity index (χ3n) is 1.88. The zero-order valence-corrected chi connectivity index (χ0v) is 6.09. The van der Waals surface area contributed by atoms with Gasteiger partial charge < -0.3 is 10.0 Å². The van der Waals surface area contributed by atoms with Gasteiger partial charge in [-0.2, -0.15) is 0 Å². The Labute approximate surface area is 60.6 Å². The van der Waals surface area contributed by atoms with E-state index in [0.29, 0.717) is 6.54 Å². The molecule has 0 aromatic heterocycles. The van der Waals surface area contributed by atoms with Crippen molar-refractivity contribution in [1.82, 2.24) is 4.90 Å². The first kappa shape index (κ1) is 7.95. The molecule has 1 atom stereocenters. The van der Waals surface area contributed by atoms with Gasteiger partial charge in [-0.1, -0.05) is 0 Å². The summed E-state index contributed by atoms with van der Waals surface area (Å²) in [4.78, 5) is 2.18. The fourth-order valence-electron chi connectivity index (χ4n) is 1.30. The molecule has 0 spiro atoms. The number of aliphatic hydroxyl groups is 1. The van der Waals surface area contributed by atoms with Gasteiger partial charge in [0.2, 0.25) is 0 Å². The van der Waals surface area contributed by atoms with E-state index in [0.717, 1.165) is 13.1 Å². The average molecular weight is 147 g/mol. The molecule has 1 heterocycles. The zero-order valence-electron chi connectivity index (χ0n) is 6.09. The normalized spacial score (nSPS) is 23.4. The zero-order chi connectivity index (χ0) is 7.40. The summed E-state index contributed by atoms with van der Waals surface area (Å²) in [5, 5.41) is 8.32. The number of likely N-dealkylation sites (tertiary alicyclic amines) is 1. The van der Waals surface area contributed by atoms with Crippen LogP contribution in [0.2, 0.25) is 0 Å². The van der Waals surface area contributed by atoms with Crippen molar-refractivity contribution in [3.63, 3.8) is 0 Å². The molecule has 60 valence electrons. The van der Waals surface area contributed by atoms with Gasteiger partial charge in [0.15, 0.2) is 6.36 Å². The summed E-state index contributed by atoms with van der Waals surface area (Å²) in [6, 6.07) is 0. The lowest BCUT2D eigenvalue weighted by Gasteiger charge is -2.13. The number of alkyl halides is 1. The Hall–Kier alpha value is -0.150. The summed E-state index contributed by atoms with van der Waals surface area (Å²) in [5.41, 5.74) is 0. The second-order valence-electron chi connectivity index (χ2n) is 2.77. The molecular formula is C7H14FNO. The quantitative estimate of drug-likeness (QED) is 0.637. The maximum Gasteiger partial charge on any atom is 0.197 e. The number of hydrogen-bond acceptors (Lipinski definition) is 2. The van der Waals surface area contributed by atoms with Gasteiger partial charge in [0, 0.05) is 13.0 Å². The highest BCUT2D eigenvalue weighted by Crippen LogP contribution is 2.08. The highest BCUT2D eigenvalue weighted by molar-refractivity contribution is 4.65. The molecule has 1 aliphatic heterocycles. The molecule has 0 saturated carbocycles. The second kappa shape index (κ2) is 3.88. The standard InChI is InChI=1S/C7H14FNO/c8-7(10)3-6-9-4-1-2-5-9/h7,10H,1-6H2. The van der Waals surface area contributed by atoms with Crippen LogP contribution in [0.4, 0.5) is 4.39 Å². The Bertz CT molecular complexity index is 91.6. The Morgan fingerprint density at radius 1 is 1.40 bits per heavy atom. The van der Waals surface area contributed by atoms with E-state index in [1.54, 1.807) is 0 Å². The molecule has 0 aliphatic carbocycles.